The number of carbonyl (C=O) groups is 1. The van der Waals surface area contributed by atoms with Crippen LogP contribution in [-0.4, -0.2) is 43.5 Å². The number of nitrogens with zero attached hydrogens (tertiary/aromatic N) is 1. The van der Waals surface area contributed by atoms with E-state index in [-0.39, 0.29) is 15.4 Å². The van der Waals surface area contributed by atoms with Gasteiger partial charge in [-0.2, -0.15) is 8.42 Å². The normalized spacial score (nSPS) is 12.9. The van der Waals surface area contributed by atoms with E-state index in [1.807, 2.05) is 20.8 Å². The molecule has 0 rings (SSSR count). The minimum atomic E-state index is -3.35. The minimum Gasteiger partial charge on any atom is -0.299 e. The Morgan fingerprint density at radius 2 is 1.43 bits per heavy atom. The Kier molecular flexibility index (Phi) is 4.74. The molecule has 0 heterocycles. The van der Waals surface area contributed by atoms with Crippen molar-refractivity contribution in [2.45, 2.75) is 27.7 Å². The molecule has 0 bridgehead atoms. The van der Waals surface area contributed by atoms with Gasteiger partial charge in [-0.05, 0) is 27.7 Å². The summed E-state index contributed by atoms with van der Waals surface area (Å²) in [5.41, 5.74) is 0. The maximum Gasteiger partial charge on any atom is 0.304 e. The quantitative estimate of drug-likeness (QED) is 0.624. The lowest BCUT2D eigenvalue weighted by Crippen LogP contribution is -2.53. The summed E-state index contributed by atoms with van der Waals surface area (Å²) < 4.78 is 23.8. The Labute approximate surface area is 86.6 Å². The molecule has 0 aliphatic rings. The highest BCUT2D eigenvalue weighted by molar-refractivity contribution is 7.86. The summed E-state index contributed by atoms with van der Waals surface area (Å²) in [5.74, 6) is -0.634. The van der Waals surface area contributed by atoms with Gasteiger partial charge in [-0.25, -0.2) is 3.89 Å². The summed E-state index contributed by atoms with van der Waals surface area (Å²) >= 11 is 0. The fourth-order valence-corrected chi connectivity index (χ4v) is 3.62. The first-order chi connectivity index (χ1) is 6.35. The topological polar surface area (TPSA) is 51.2 Å². The molecular formula is C9H20NO3S+. The van der Waals surface area contributed by atoms with Crippen molar-refractivity contribution < 1.29 is 17.1 Å². The molecule has 0 radical (unpaired) electrons. The number of ketones is 1. The van der Waals surface area contributed by atoms with Crippen LogP contribution >= 0.6 is 0 Å². The molecule has 0 aromatic rings. The highest BCUT2D eigenvalue weighted by Crippen LogP contribution is 2.15. The first kappa shape index (κ1) is 13.6. The van der Waals surface area contributed by atoms with Crippen molar-refractivity contribution in [2.24, 2.45) is 0 Å². The minimum absolute atomic E-state index is 0.00653. The first-order valence-electron chi connectivity index (χ1n) is 4.93. The van der Waals surface area contributed by atoms with Crippen LogP contribution in [0.4, 0.5) is 0 Å². The first-order valence-corrected chi connectivity index (χ1v) is 6.54. The predicted octanol–water partition coefficient (Wildman–Crippen LogP) is 0.782. The van der Waals surface area contributed by atoms with Crippen molar-refractivity contribution >= 4 is 15.8 Å². The van der Waals surface area contributed by atoms with Crippen LogP contribution < -0.4 is 0 Å². The molecule has 0 fully saturated rings. The molecule has 0 N–H and O–H groups in total. The molecular weight excluding hydrogens is 202 g/mol. The molecule has 0 saturated carbocycles. The van der Waals surface area contributed by atoms with Crippen LogP contribution in [0, 0.1) is 0 Å². The van der Waals surface area contributed by atoms with Gasteiger partial charge in [-0.1, -0.05) is 0 Å². The predicted molar refractivity (Wildman–Crippen MR) is 56.4 cm³/mol. The fourth-order valence-electron chi connectivity index (χ4n) is 1.65. The second-order valence-corrected chi connectivity index (χ2v) is 5.66. The number of sulfonamides is 1. The standard InChI is InChI=1S/C9H20NO3S/c1-5-10(6-2,7-3)14(12,13)8-9(4)11/h5-8H2,1-4H3/q+1. The van der Waals surface area contributed by atoms with Crippen LogP contribution in [0.3, 0.4) is 0 Å². The van der Waals surface area contributed by atoms with E-state index in [0.29, 0.717) is 19.6 Å². The van der Waals surface area contributed by atoms with Crippen molar-refractivity contribution in [3.63, 3.8) is 0 Å². The van der Waals surface area contributed by atoms with E-state index < -0.39 is 10.0 Å². The lowest BCUT2D eigenvalue weighted by molar-refractivity contribution is -0.800. The summed E-state index contributed by atoms with van der Waals surface area (Å²) in [5, 5.41) is 0. The van der Waals surface area contributed by atoms with Gasteiger partial charge in [0, 0.05) is 0 Å². The number of carbonyl (C=O) groups excluding carboxylic acids is 1. The van der Waals surface area contributed by atoms with Gasteiger partial charge in [0.05, 0.1) is 19.6 Å². The van der Waals surface area contributed by atoms with Crippen molar-refractivity contribution in [2.75, 3.05) is 25.4 Å². The third kappa shape index (κ3) is 2.54. The Balaban J connectivity index is 5.10. The van der Waals surface area contributed by atoms with Crippen LogP contribution in [0.15, 0.2) is 0 Å². The van der Waals surface area contributed by atoms with Crippen LogP contribution in [0.25, 0.3) is 0 Å². The van der Waals surface area contributed by atoms with E-state index in [9.17, 15) is 13.2 Å². The Hall–Kier alpha value is -0.420. The summed E-state index contributed by atoms with van der Waals surface area (Å²) in [6.45, 7) is 8.38. The molecule has 0 aliphatic heterocycles. The van der Waals surface area contributed by atoms with Crippen LogP contribution in [0.5, 0.6) is 0 Å². The second kappa shape index (κ2) is 4.89. The van der Waals surface area contributed by atoms with Crippen molar-refractivity contribution in [3.8, 4) is 0 Å². The fraction of sp³-hybridized carbons (Fsp3) is 0.889. The van der Waals surface area contributed by atoms with Gasteiger partial charge < -0.3 is 0 Å². The maximum atomic E-state index is 11.9. The molecule has 14 heavy (non-hydrogen) atoms. The van der Waals surface area contributed by atoms with Gasteiger partial charge in [0.2, 0.25) is 0 Å². The third-order valence-electron chi connectivity index (χ3n) is 2.70. The molecule has 0 unspecified atom stereocenters. The molecule has 0 spiro atoms. The van der Waals surface area contributed by atoms with Gasteiger partial charge in [-0.15, -0.1) is 0 Å². The maximum absolute atomic E-state index is 11.9. The van der Waals surface area contributed by atoms with Gasteiger partial charge >= 0.3 is 10.0 Å². The average Bonchev–Trinajstić information content (AvgIpc) is 2.05. The van der Waals surface area contributed by atoms with Gasteiger partial charge in [-0.3, -0.25) is 4.79 Å². The number of hydrogen-bond acceptors (Lipinski definition) is 3. The molecule has 0 aromatic carbocycles. The number of hydrogen-bond donors (Lipinski definition) is 0. The highest BCUT2D eigenvalue weighted by atomic mass is 32.2. The molecule has 0 amide bonds. The van der Waals surface area contributed by atoms with Crippen molar-refractivity contribution in [1.29, 1.82) is 0 Å². The zero-order valence-corrected chi connectivity index (χ0v) is 10.2. The van der Waals surface area contributed by atoms with E-state index in [1.54, 1.807) is 0 Å². The molecule has 0 saturated heterocycles. The van der Waals surface area contributed by atoms with E-state index in [1.165, 1.54) is 6.92 Å². The third-order valence-corrected chi connectivity index (χ3v) is 5.43. The van der Waals surface area contributed by atoms with E-state index in [4.69, 9.17) is 0 Å². The lowest BCUT2D eigenvalue weighted by Gasteiger charge is -2.33. The van der Waals surface area contributed by atoms with Crippen molar-refractivity contribution in [1.82, 2.24) is 0 Å². The van der Waals surface area contributed by atoms with Gasteiger partial charge in [0.1, 0.15) is 0 Å². The van der Waals surface area contributed by atoms with Crippen molar-refractivity contribution in [3.05, 3.63) is 0 Å². The second-order valence-electron chi connectivity index (χ2n) is 3.44. The Morgan fingerprint density at radius 1 is 1.07 bits per heavy atom. The van der Waals surface area contributed by atoms with E-state index >= 15 is 0 Å². The number of quaternary nitrogens is 1. The smallest absolute Gasteiger partial charge is 0.299 e. The molecule has 84 valence electrons. The Morgan fingerprint density at radius 3 is 1.64 bits per heavy atom. The zero-order chi connectivity index (χ0) is 11.4. The van der Waals surface area contributed by atoms with Gasteiger partial charge in [0.15, 0.2) is 11.5 Å². The SMILES string of the molecule is CC[N+](CC)(CC)S(=O)(=O)CC(C)=O. The molecule has 0 atom stereocenters. The molecule has 5 heteroatoms. The Bertz CT molecular complexity index is 283. The van der Waals surface area contributed by atoms with Crippen LogP contribution in [0.1, 0.15) is 27.7 Å². The van der Waals surface area contributed by atoms with E-state index in [0.717, 1.165) is 0 Å². The van der Waals surface area contributed by atoms with E-state index in [2.05, 4.69) is 0 Å². The molecule has 4 nitrogen and oxygen atoms in total. The molecule has 0 aromatic heterocycles. The monoisotopic (exact) mass is 222 g/mol. The summed E-state index contributed by atoms with van der Waals surface area (Å²) in [7, 11) is -3.35. The zero-order valence-electron chi connectivity index (χ0n) is 9.41. The highest BCUT2D eigenvalue weighted by Gasteiger charge is 2.37. The van der Waals surface area contributed by atoms with Crippen LogP contribution in [0.2, 0.25) is 0 Å². The number of Topliss-reactive ketones (excluding diaryl/α,β-unsaturated/α-hetero) is 1. The summed E-state index contributed by atoms with van der Waals surface area (Å²) in [4.78, 5) is 10.9. The summed E-state index contributed by atoms with van der Waals surface area (Å²) in [6, 6.07) is 0. The average molecular weight is 222 g/mol. The lowest BCUT2D eigenvalue weighted by atomic mass is 10.5. The summed E-state index contributed by atoms with van der Waals surface area (Å²) in [6.07, 6.45) is 0. The van der Waals surface area contributed by atoms with Crippen LogP contribution in [-0.2, 0) is 14.8 Å². The van der Waals surface area contributed by atoms with Gasteiger partial charge in [0.25, 0.3) is 0 Å². The largest absolute Gasteiger partial charge is 0.304 e. The number of rotatable bonds is 6. The molecule has 0 aliphatic carbocycles.